The van der Waals surface area contributed by atoms with E-state index < -0.39 is 11.9 Å². The first-order valence-electron chi connectivity index (χ1n) is 6.52. The van der Waals surface area contributed by atoms with E-state index in [1.54, 1.807) is 20.8 Å². The first-order valence-corrected chi connectivity index (χ1v) is 6.52. The van der Waals surface area contributed by atoms with Gasteiger partial charge in [-0.1, -0.05) is 30.3 Å². The minimum absolute atomic E-state index is 0.0571. The molecule has 21 heavy (non-hydrogen) atoms. The van der Waals surface area contributed by atoms with Gasteiger partial charge < -0.3 is 10.2 Å². The Bertz CT molecular complexity index is 730. The molecule has 0 saturated carbocycles. The highest BCUT2D eigenvalue weighted by atomic mass is 16.4. The van der Waals surface area contributed by atoms with Gasteiger partial charge in [0.15, 0.2) is 0 Å². The van der Waals surface area contributed by atoms with E-state index in [0.29, 0.717) is 16.7 Å². The zero-order valence-corrected chi connectivity index (χ0v) is 12.1. The second-order valence-corrected chi connectivity index (χ2v) is 4.98. The van der Waals surface area contributed by atoms with Crippen molar-refractivity contribution in [1.29, 1.82) is 0 Å². The van der Waals surface area contributed by atoms with Crippen LogP contribution in [-0.4, -0.2) is 22.2 Å². The molecule has 2 aromatic carbocycles. The maximum Gasteiger partial charge on any atom is 0.336 e. The monoisotopic (exact) mass is 284 g/mol. The van der Waals surface area contributed by atoms with Gasteiger partial charge in [-0.05, 0) is 48.6 Å². The number of aromatic carboxylic acids is 2. The van der Waals surface area contributed by atoms with Crippen LogP contribution in [0.15, 0.2) is 30.3 Å². The maximum atomic E-state index is 11.7. The van der Waals surface area contributed by atoms with Gasteiger partial charge >= 0.3 is 11.9 Å². The molecule has 2 aromatic rings. The molecule has 2 rings (SSSR count). The van der Waals surface area contributed by atoms with Gasteiger partial charge in [-0.3, -0.25) is 0 Å². The van der Waals surface area contributed by atoms with E-state index in [1.165, 1.54) is 0 Å². The zero-order chi connectivity index (χ0) is 15.7. The Hall–Kier alpha value is -2.62. The summed E-state index contributed by atoms with van der Waals surface area (Å²) in [5, 5.41) is 18.9. The zero-order valence-electron chi connectivity index (χ0n) is 12.1. The molecule has 0 atom stereocenters. The summed E-state index contributed by atoms with van der Waals surface area (Å²) < 4.78 is 0. The molecule has 4 heteroatoms. The number of benzene rings is 2. The van der Waals surface area contributed by atoms with Gasteiger partial charge in [0.25, 0.3) is 0 Å². The summed E-state index contributed by atoms with van der Waals surface area (Å²) >= 11 is 0. The topological polar surface area (TPSA) is 74.6 Å². The van der Waals surface area contributed by atoms with Crippen LogP contribution in [-0.2, 0) is 0 Å². The van der Waals surface area contributed by atoms with E-state index in [2.05, 4.69) is 0 Å². The number of carboxylic acids is 2. The lowest BCUT2D eigenvalue weighted by Crippen LogP contribution is -2.13. The van der Waals surface area contributed by atoms with Gasteiger partial charge in [0.05, 0.1) is 11.1 Å². The maximum absolute atomic E-state index is 11.7. The van der Waals surface area contributed by atoms with Gasteiger partial charge in [-0.2, -0.15) is 0 Å². The van der Waals surface area contributed by atoms with E-state index in [1.807, 2.05) is 30.3 Å². The van der Waals surface area contributed by atoms with Crippen LogP contribution >= 0.6 is 0 Å². The van der Waals surface area contributed by atoms with Crippen molar-refractivity contribution in [1.82, 2.24) is 0 Å². The Morgan fingerprint density at radius 1 is 0.762 bits per heavy atom. The number of hydrogen-bond acceptors (Lipinski definition) is 2. The molecule has 0 heterocycles. The second-order valence-electron chi connectivity index (χ2n) is 4.98. The SMILES string of the molecule is Cc1c(C)c(-c2ccccc2)c(C(=O)O)c(C)c1C(=O)O. The fraction of sp³-hybridized carbons (Fsp3) is 0.176. The molecule has 0 radical (unpaired) electrons. The number of carbonyl (C=O) groups is 2. The van der Waals surface area contributed by atoms with E-state index in [-0.39, 0.29) is 16.7 Å². The van der Waals surface area contributed by atoms with Gasteiger partial charge in [0.1, 0.15) is 0 Å². The highest BCUT2D eigenvalue weighted by Crippen LogP contribution is 2.34. The predicted octanol–water partition coefficient (Wildman–Crippen LogP) is 3.68. The standard InChI is InChI=1S/C17H16O4/c1-9-10(2)14(12-7-5-4-6-8-12)15(17(20)21)11(3)13(9)16(18)19/h4-8H,1-3H3,(H,18,19)(H,20,21). The number of rotatable bonds is 3. The molecule has 0 saturated heterocycles. The Balaban J connectivity index is 2.95. The normalized spacial score (nSPS) is 10.4. The molecule has 0 bridgehead atoms. The summed E-state index contributed by atoms with van der Waals surface area (Å²) in [6.07, 6.45) is 0. The van der Waals surface area contributed by atoms with Crippen LogP contribution in [0.4, 0.5) is 0 Å². The molecule has 2 N–H and O–H groups in total. The quantitative estimate of drug-likeness (QED) is 0.901. The highest BCUT2D eigenvalue weighted by molar-refractivity contribution is 6.04. The Morgan fingerprint density at radius 3 is 1.76 bits per heavy atom. The smallest absolute Gasteiger partial charge is 0.336 e. The van der Waals surface area contributed by atoms with Gasteiger partial charge in [0.2, 0.25) is 0 Å². The van der Waals surface area contributed by atoms with Crippen LogP contribution in [0, 0.1) is 20.8 Å². The van der Waals surface area contributed by atoms with Gasteiger partial charge in [0, 0.05) is 0 Å². The third-order valence-electron chi connectivity index (χ3n) is 3.80. The molecule has 0 aliphatic heterocycles. The summed E-state index contributed by atoms with van der Waals surface area (Å²) in [5.41, 5.74) is 3.06. The second kappa shape index (κ2) is 5.40. The van der Waals surface area contributed by atoms with E-state index in [9.17, 15) is 19.8 Å². The average molecular weight is 284 g/mol. The molecule has 0 aromatic heterocycles. The van der Waals surface area contributed by atoms with Crippen molar-refractivity contribution in [3.8, 4) is 11.1 Å². The molecule has 108 valence electrons. The first kappa shape index (κ1) is 14.8. The van der Waals surface area contributed by atoms with Crippen molar-refractivity contribution in [3.63, 3.8) is 0 Å². The summed E-state index contributed by atoms with van der Waals surface area (Å²) in [6, 6.07) is 9.17. The van der Waals surface area contributed by atoms with E-state index in [4.69, 9.17) is 0 Å². The van der Waals surface area contributed by atoms with Crippen LogP contribution in [0.1, 0.15) is 37.4 Å². The number of carboxylic acid groups (broad SMARTS) is 2. The molecule has 0 spiro atoms. The van der Waals surface area contributed by atoms with Crippen molar-refractivity contribution in [2.24, 2.45) is 0 Å². The van der Waals surface area contributed by atoms with Crippen LogP contribution in [0.3, 0.4) is 0 Å². The largest absolute Gasteiger partial charge is 0.478 e. The lowest BCUT2D eigenvalue weighted by Gasteiger charge is -2.18. The summed E-state index contributed by atoms with van der Waals surface area (Å²) in [6.45, 7) is 5.02. The molecule has 4 nitrogen and oxygen atoms in total. The van der Waals surface area contributed by atoms with Crippen molar-refractivity contribution >= 4 is 11.9 Å². The van der Waals surface area contributed by atoms with Crippen molar-refractivity contribution in [2.45, 2.75) is 20.8 Å². The lowest BCUT2D eigenvalue weighted by molar-refractivity contribution is 0.0695. The molecule has 0 amide bonds. The Labute approximate surface area is 122 Å². The van der Waals surface area contributed by atoms with Crippen molar-refractivity contribution in [3.05, 3.63) is 58.1 Å². The molecule has 0 aliphatic rings. The predicted molar refractivity (Wildman–Crippen MR) is 80.0 cm³/mol. The first-order chi connectivity index (χ1) is 9.86. The van der Waals surface area contributed by atoms with Crippen molar-refractivity contribution < 1.29 is 19.8 Å². The molecule has 0 fully saturated rings. The molecule has 0 aliphatic carbocycles. The van der Waals surface area contributed by atoms with E-state index >= 15 is 0 Å². The summed E-state index contributed by atoms with van der Waals surface area (Å²) in [5.74, 6) is -2.22. The minimum Gasteiger partial charge on any atom is -0.478 e. The van der Waals surface area contributed by atoms with Gasteiger partial charge in [-0.25, -0.2) is 9.59 Å². The van der Waals surface area contributed by atoms with Crippen LogP contribution in [0.5, 0.6) is 0 Å². The Kier molecular flexibility index (Phi) is 3.80. The van der Waals surface area contributed by atoms with Gasteiger partial charge in [-0.15, -0.1) is 0 Å². The van der Waals surface area contributed by atoms with Crippen LogP contribution in [0.25, 0.3) is 11.1 Å². The summed E-state index contributed by atoms with van der Waals surface area (Å²) in [4.78, 5) is 23.1. The van der Waals surface area contributed by atoms with Crippen LogP contribution < -0.4 is 0 Å². The Morgan fingerprint density at radius 2 is 1.29 bits per heavy atom. The molecular weight excluding hydrogens is 268 g/mol. The minimum atomic E-state index is -1.11. The fourth-order valence-electron chi connectivity index (χ4n) is 2.71. The number of hydrogen-bond donors (Lipinski definition) is 2. The van der Waals surface area contributed by atoms with Crippen LogP contribution in [0.2, 0.25) is 0 Å². The highest BCUT2D eigenvalue weighted by Gasteiger charge is 2.25. The van der Waals surface area contributed by atoms with E-state index in [0.717, 1.165) is 5.56 Å². The molecule has 0 unspecified atom stereocenters. The third-order valence-corrected chi connectivity index (χ3v) is 3.80. The summed E-state index contributed by atoms with van der Waals surface area (Å²) in [7, 11) is 0. The molecular formula is C17H16O4. The average Bonchev–Trinajstić information content (AvgIpc) is 2.42. The third kappa shape index (κ3) is 2.40. The van der Waals surface area contributed by atoms with Crippen molar-refractivity contribution in [2.75, 3.05) is 0 Å². The fourth-order valence-corrected chi connectivity index (χ4v) is 2.71. The lowest BCUT2D eigenvalue weighted by atomic mass is 9.85.